The molecule has 1 N–H and O–H groups in total. The average molecular weight is 346 g/mol. The molecule has 0 spiro atoms. The average Bonchev–Trinajstić information content (AvgIpc) is 3.15. The highest BCUT2D eigenvalue weighted by Gasteiger charge is 2.30. The van der Waals surface area contributed by atoms with Crippen LogP contribution in [0.1, 0.15) is 16.8 Å². The molecule has 1 atom stereocenters. The van der Waals surface area contributed by atoms with Gasteiger partial charge in [0, 0.05) is 12.6 Å². The van der Waals surface area contributed by atoms with Crippen molar-refractivity contribution < 1.29 is 18.3 Å². The van der Waals surface area contributed by atoms with Gasteiger partial charge in [0.15, 0.2) is 0 Å². The van der Waals surface area contributed by atoms with Crippen LogP contribution in [0.2, 0.25) is 0 Å². The summed E-state index contributed by atoms with van der Waals surface area (Å²) in [6.45, 7) is 0.671. The number of benzene rings is 2. The molecule has 1 fully saturated rings. The van der Waals surface area contributed by atoms with Gasteiger partial charge in [-0.25, -0.2) is 8.78 Å². The molecule has 25 heavy (non-hydrogen) atoms. The summed E-state index contributed by atoms with van der Waals surface area (Å²) in [6.07, 6.45) is -1.91. The van der Waals surface area contributed by atoms with E-state index in [1.165, 1.54) is 4.90 Å². The topological polar surface area (TPSA) is 41.6 Å². The van der Waals surface area contributed by atoms with E-state index >= 15 is 0 Å². The molecule has 4 nitrogen and oxygen atoms in total. The van der Waals surface area contributed by atoms with Gasteiger partial charge in [-0.1, -0.05) is 30.3 Å². The molecule has 0 unspecified atom stereocenters. The third kappa shape index (κ3) is 4.33. The van der Waals surface area contributed by atoms with Gasteiger partial charge in [-0.3, -0.25) is 4.79 Å². The van der Waals surface area contributed by atoms with E-state index in [1.54, 1.807) is 36.4 Å². The second kappa shape index (κ2) is 8.07. The van der Waals surface area contributed by atoms with Crippen molar-refractivity contribution in [2.45, 2.75) is 18.9 Å². The predicted molar refractivity (Wildman–Crippen MR) is 91.3 cm³/mol. The van der Waals surface area contributed by atoms with Crippen molar-refractivity contribution in [3.63, 3.8) is 0 Å². The fourth-order valence-electron chi connectivity index (χ4n) is 2.95. The molecule has 2 aromatic rings. The molecule has 0 bridgehead atoms. The molecule has 0 aliphatic carbocycles. The van der Waals surface area contributed by atoms with Crippen LogP contribution in [0.5, 0.6) is 11.5 Å². The molecule has 1 heterocycles. The van der Waals surface area contributed by atoms with Crippen molar-refractivity contribution in [3.05, 3.63) is 60.2 Å². The van der Waals surface area contributed by atoms with Crippen molar-refractivity contribution in [2.75, 3.05) is 19.6 Å². The van der Waals surface area contributed by atoms with E-state index in [4.69, 9.17) is 4.74 Å². The van der Waals surface area contributed by atoms with E-state index in [-0.39, 0.29) is 6.04 Å². The van der Waals surface area contributed by atoms with Gasteiger partial charge in [-0.2, -0.15) is 0 Å². The van der Waals surface area contributed by atoms with Crippen molar-refractivity contribution in [3.8, 4) is 11.5 Å². The summed E-state index contributed by atoms with van der Waals surface area (Å²) < 4.78 is 31.8. The van der Waals surface area contributed by atoms with Crippen LogP contribution in [-0.2, 0) is 0 Å². The highest BCUT2D eigenvalue weighted by molar-refractivity contribution is 5.97. The summed E-state index contributed by atoms with van der Waals surface area (Å²) >= 11 is 0. The fourth-order valence-corrected chi connectivity index (χ4v) is 2.95. The minimum Gasteiger partial charge on any atom is -0.457 e. The van der Waals surface area contributed by atoms with Crippen LogP contribution in [-0.4, -0.2) is 42.9 Å². The fraction of sp³-hybridized carbons (Fsp3) is 0.316. The highest BCUT2D eigenvalue weighted by atomic mass is 19.3. The third-order valence-electron chi connectivity index (χ3n) is 4.16. The van der Waals surface area contributed by atoms with Gasteiger partial charge in [-0.05, 0) is 37.2 Å². The molecule has 1 saturated heterocycles. The number of carbonyl (C=O) groups is 1. The van der Waals surface area contributed by atoms with Crippen molar-refractivity contribution in [2.24, 2.45) is 0 Å². The lowest BCUT2D eigenvalue weighted by Crippen LogP contribution is -2.44. The monoisotopic (exact) mass is 346 g/mol. The summed E-state index contributed by atoms with van der Waals surface area (Å²) in [5.74, 6) is 0.523. The molecule has 1 aliphatic rings. The first-order valence-electron chi connectivity index (χ1n) is 8.27. The molecule has 2 aromatic carbocycles. The van der Waals surface area contributed by atoms with Gasteiger partial charge in [0.1, 0.15) is 11.5 Å². The summed E-state index contributed by atoms with van der Waals surface area (Å²) in [5.41, 5.74) is 0.291. The summed E-state index contributed by atoms with van der Waals surface area (Å²) in [4.78, 5) is 14.2. The molecule has 0 saturated carbocycles. The Bertz CT molecular complexity index is 704. The Labute approximate surface area is 145 Å². The molecule has 3 rings (SSSR count). The summed E-state index contributed by atoms with van der Waals surface area (Å²) in [5, 5.41) is 3.12. The van der Waals surface area contributed by atoms with E-state index in [2.05, 4.69) is 5.32 Å². The maximum atomic E-state index is 13.0. The number of alkyl halides is 2. The quantitative estimate of drug-likeness (QED) is 0.870. The van der Waals surface area contributed by atoms with E-state index < -0.39 is 18.9 Å². The number of nitrogens with one attached hydrogen (secondary N) is 1. The lowest BCUT2D eigenvalue weighted by molar-refractivity contribution is 0.0454. The number of nitrogens with zero attached hydrogens (tertiary/aromatic N) is 1. The second-order valence-corrected chi connectivity index (χ2v) is 5.91. The normalized spacial score (nSPS) is 16.8. The summed E-state index contributed by atoms with van der Waals surface area (Å²) in [7, 11) is 0. The zero-order chi connectivity index (χ0) is 17.6. The SMILES string of the molecule is O=C(c1ccccc1Oc1ccccc1)N(CC(F)F)[C@H]1CCNC1. The standard InChI is InChI=1S/C19H20F2N2O2/c20-18(21)13-23(14-10-11-22-12-14)19(24)16-8-4-5-9-17(16)25-15-6-2-1-3-7-15/h1-9,14,18,22H,10-13H2/t14-/m0/s1. The lowest BCUT2D eigenvalue weighted by Gasteiger charge is -2.29. The number of hydrogen-bond donors (Lipinski definition) is 1. The van der Waals surface area contributed by atoms with Crippen molar-refractivity contribution in [1.82, 2.24) is 10.2 Å². The first-order valence-corrected chi connectivity index (χ1v) is 8.27. The Balaban J connectivity index is 1.87. The first kappa shape index (κ1) is 17.4. The third-order valence-corrected chi connectivity index (χ3v) is 4.16. The molecule has 1 amide bonds. The van der Waals surface area contributed by atoms with Crippen LogP contribution < -0.4 is 10.1 Å². The van der Waals surface area contributed by atoms with Crippen molar-refractivity contribution in [1.29, 1.82) is 0 Å². The predicted octanol–water partition coefficient (Wildman–Crippen LogP) is 3.55. The highest BCUT2D eigenvalue weighted by Crippen LogP contribution is 2.27. The zero-order valence-electron chi connectivity index (χ0n) is 13.7. The van der Waals surface area contributed by atoms with E-state index in [9.17, 15) is 13.6 Å². The van der Waals surface area contributed by atoms with Crippen LogP contribution in [0.15, 0.2) is 54.6 Å². The van der Waals surface area contributed by atoms with Crippen LogP contribution in [0.3, 0.4) is 0 Å². The van der Waals surface area contributed by atoms with E-state index in [0.29, 0.717) is 30.0 Å². The maximum absolute atomic E-state index is 13.0. The number of ether oxygens (including phenoxy) is 1. The minimum atomic E-state index is -2.58. The number of para-hydroxylation sites is 2. The van der Waals surface area contributed by atoms with Crippen LogP contribution in [0.4, 0.5) is 8.78 Å². The van der Waals surface area contributed by atoms with Gasteiger partial charge in [0.2, 0.25) is 0 Å². The molecular formula is C19H20F2N2O2. The Morgan fingerprint density at radius 2 is 1.88 bits per heavy atom. The maximum Gasteiger partial charge on any atom is 0.258 e. The van der Waals surface area contributed by atoms with Gasteiger partial charge in [0.05, 0.1) is 12.1 Å². The van der Waals surface area contributed by atoms with E-state index in [1.807, 2.05) is 18.2 Å². The number of hydrogen-bond acceptors (Lipinski definition) is 3. The van der Waals surface area contributed by atoms with E-state index in [0.717, 1.165) is 6.54 Å². The summed E-state index contributed by atoms with van der Waals surface area (Å²) in [6, 6.07) is 15.6. The molecule has 1 aliphatic heterocycles. The number of halogens is 2. The lowest BCUT2D eigenvalue weighted by atomic mass is 10.1. The molecule has 6 heteroatoms. The van der Waals surface area contributed by atoms with Gasteiger partial charge >= 0.3 is 0 Å². The number of amides is 1. The Hall–Kier alpha value is -2.47. The van der Waals surface area contributed by atoms with Gasteiger partial charge < -0.3 is 15.0 Å². The zero-order valence-corrected chi connectivity index (χ0v) is 13.7. The molecule has 132 valence electrons. The van der Waals surface area contributed by atoms with Crippen LogP contribution >= 0.6 is 0 Å². The second-order valence-electron chi connectivity index (χ2n) is 5.91. The largest absolute Gasteiger partial charge is 0.457 e. The Morgan fingerprint density at radius 1 is 1.16 bits per heavy atom. The molecular weight excluding hydrogens is 326 g/mol. The smallest absolute Gasteiger partial charge is 0.258 e. The van der Waals surface area contributed by atoms with Crippen LogP contribution in [0.25, 0.3) is 0 Å². The Morgan fingerprint density at radius 3 is 2.56 bits per heavy atom. The first-order chi connectivity index (χ1) is 12.1. The van der Waals surface area contributed by atoms with Crippen molar-refractivity contribution >= 4 is 5.91 Å². The van der Waals surface area contributed by atoms with Gasteiger partial charge in [-0.15, -0.1) is 0 Å². The van der Waals surface area contributed by atoms with Gasteiger partial charge in [0.25, 0.3) is 12.3 Å². The molecule has 0 aromatic heterocycles. The number of rotatable bonds is 6. The molecule has 0 radical (unpaired) electrons. The van der Waals surface area contributed by atoms with Crippen LogP contribution in [0, 0.1) is 0 Å². The Kier molecular flexibility index (Phi) is 5.60. The number of carbonyl (C=O) groups excluding carboxylic acids is 1. The minimum absolute atomic E-state index is 0.230.